The van der Waals surface area contributed by atoms with Crippen molar-refractivity contribution >= 4 is 63.2 Å². The van der Waals surface area contributed by atoms with E-state index in [1.54, 1.807) is 25.1 Å². The highest BCUT2D eigenvalue weighted by Gasteiger charge is 2.18. The van der Waals surface area contributed by atoms with Crippen molar-refractivity contribution in [2.75, 3.05) is 5.32 Å². The van der Waals surface area contributed by atoms with E-state index in [4.69, 9.17) is 44.6 Å². The van der Waals surface area contributed by atoms with E-state index in [9.17, 15) is 4.79 Å². The van der Waals surface area contributed by atoms with Gasteiger partial charge in [-0.2, -0.15) is 0 Å². The van der Waals surface area contributed by atoms with E-state index in [2.05, 4.69) is 22.5 Å². The van der Waals surface area contributed by atoms with Crippen LogP contribution in [0.2, 0.25) is 10.0 Å². The fourth-order valence-corrected chi connectivity index (χ4v) is 4.05. The summed E-state index contributed by atoms with van der Waals surface area (Å²) in [5, 5.41) is 6.65. The van der Waals surface area contributed by atoms with Crippen LogP contribution in [0.15, 0.2) is 59.0 Å². The number of benzene rings is 3. The van der Waals surface area contributed by atoms with Gasteiger partial charge in [0.1, 0.15) is 11.3 Å². The van der Waals surface area contributed by atoms with E-state index in [1.165, 1.54) is 5.56 Å². The van der Waals surface area contributed by atoms with Crippen molar-refractivity contribution in [3.8, 4) is 17.2 Å². The minimum absolute atomic E-state index is 0.137. The van der Waals surface area contributed by atoms with Crippen molar-refractivity contribution in [2.45, 2.75) is 33.3 Å². The van der Waals surface area contributed by atoms with E-state index < -0.39 is 12.0 Å². The number of carbonyl (C=O) groups excluding carboxylic acids is 1. The maximum atomic E-state index is 12.6. The summed E-state index contributed by atoms with van der Waals surface area (Å²) in [4.78, 5) is 17.2. The maximum Gasteiger partial charge on any atom is 0.266 e. The molecule has 4 rings (SSSR count). The number of carbonyl (C=O) groups is 1. The number of nitrogens with one attached hydrogen (secondary N) is 2. The van der Waals surface area contributed by atoms with Crippen molar-refractivity contribution in [3.63, 3.8) is 0 Å². The molecule has 1 unspecified atom stereocenters. The molecule has 0 spiro atoms. The summed E-state index contributed by atoms with van der Waals surface area (Å²) >= 11 is 17.4. The molecular weight excluding hydrogens is 505 g/mol. The molecule has 1 aromatic heterocycles. The number of hydrogen-bond donors (Lipinski definition) is 2. The molecule has 0 fully saturated rings. The number of hydrogen-bond acceptors (Lipinski definition) is 5. The number of fused-ring (bicyclic) bond motifs is 1. The zero-order valence-electron chi connectivity index (χ0n) is 19.3. The highest BCUT2D eigenvalue weighted by Crippen LogP contribution is 2.29. The molecule has 3 aromatic carbocycles. The van der Waals surface area contributed by atoms with Gasteiger partial charge in [0, 0.05) is 16.3 Å². The fourth-order valence-electron chi connectivity index (χ4n) is 3.39. The Hall–Kier alpha value is -3.13. The normalized spacial score (nSPS) is 11.8. The Bertz CT molecular complexity index is 1420. The molecule has 1 heterocycles. The van der Waals surface area contributed by atoms with Crippen molar-refractivity contribution in [3.05, 3.63) is 75.8 Å². The number of rotatable bonds is 6. The highest BCUT2D eigenvalue weighted by atomic mass is 35.5. The summed E-state index contributed by atoms with van der Waals surface area (Å²) in [6.45, 7) is 5.64. The van der Waals surface area contributed by atoms with E-state index in [0.29, 0.717) is 21.7 Å². The largest absolute Gasteiger partial charge is 0.479 e. The molecule has 9 heteroatoms. The number of amides is 1. The molecule has 0 aliphatic carbocycles. The molecule has 1 atom stereocenters. The predicted molar refractivity (Wildman–Crippen MR) is 144 cm³/mol. The second kappa shape index (κ2) is 10.6. The van der Waals surface area contributed by atoms with Crippen LogP contribution in [0.4, 0.5) is 5.69 Å². The van der Waals surface area contributed by atoms with E-state index in [1.807, 2.05) is 43.3 Å². The molecule has 4 aromatic rings. The molecular formula is C26H23Cl2N3O3S. The third-order valence-electron chi connectivity index (χ3n) is 5.40. The van der Waals surface area contributed by atoms with Gasteiger partial charge in [-0.25, -0.2) is 4.98 Å². The Kier molecular flexibility index (Phi) is 7.60. The van der Waals surface area contributed by atoms with Crippen LogP contribution in [0.1, 0.15) is 25.0 Å². The molecule has 0 bridgehead atoms. The summed E-state index contributed by atoms with van der Waals surface area (Å²) in [5.74, 6) is 0.437. The lowest BCUT2D eigenvalue weighted by atomic mass is 10.1. The molecule has 0 aliphatic rings. The smallest absolute Gasteiger partial charge is 0.266 e. The zero-order valence-corrected chi connectivity index (χ0v) is 21.6. The Labute approximate surface area is 218 Å². The van der Waals surface area contributed by atoms with Crippen LogP contribution in [0.5, 0.6) is 5.75 Å². The highest BCUT2D eigenvalue weighted by molar-refractivity contribution is 7.80. The number of nitrogens with zero attached hydrogens (tertiary/aromatic N) is 1. The van der Waals surface area contributed by atoms with Gasteiger partial charge in [-0.15, -0.1) is 0 Å². The predicted octanol–water partition coefficient (Wildman–Crippen LogP) is 6.95. The Balaban J connectivity index is 1.44. The lowest BCUT2D eigenvalue weighted by Gasteiger charge is -2.17. The first-order chi connectivity index (χ1) is 16.7. The monoisotopic (exact) mass is 527 g/mol. The lowest BCUT2D eigenvalue weighted by Crippen LogP contribution is -2.42. The van der Waals surface area contributed by atoms with Gasteiger partial charge in [0.2, 0.25) is 5.89 Å². The van der Waals surface area contributed by atoms with Crippen molar-refractivity contribution in [2.24, 2.45) is 0 Å². The van der Waals surface area contributed by atoms with Gasteiger partial charge in [-0.3, -0.25) is 10.1 Å². The quantitative estimate of drug-likeness (QED) is 0.264. The summed E-state index contributed by atoms with van der Waals surface area (Å²) < 4.78 is 11.6. The number of aryl methyl sites for hydroxylation is 2. The van der Waals surface area contributed by atoms with Crippen LogP contribution in [-0.2, 0) is 11.2 Å². The summed E-state index contributed by atoms with van der Waals surface area (Å²) in [7, 11) is 0. The van der Waals surface area contributed by atoms with Gasteiger partial charge in [-0.05, 0) is 86.1 Å². The maximum absolute atomic E-state index is 12.6. The number of thiocarbonyl (C=S) groups is 1. The second-order valence-electron chi connectivity index (χ2n) is 7.98. The fraction of sp³-hybridized carbons (Fsp3) is 0.192. The van der Waals surface area contributed by atoms with E-state index >= 15 is 0 Å². The first-order valence-electron chi connectivity index (χ1n) is 11.0. The van der Waals surface area contributed by atoms with E-state index in [-0.39, 0.29) is 5.11 Å². The van der Waals surface area contributed by atoms with Crippen LogP contribution < -0.4 is 15.4 Å². The van der Waals surface area contributed by atoms with Gasteiger partial charge in [-0.1, -0.05) is 42.3 Å². The van der Waals surface area contributed by atoms with Crippen LogP contribution in [-0.4, -0.2) is 22.1 Å². The number of ether oxygens (including phenoxy) is 1. The summed E-state index contributed by atoms with van der Waals surface area (Å²) in [5.41, 5.74) is 5.18. The number of aromatic nitrogens is 1. The van der Waals surface area contributed by atoms with Gasteiger partial charge < -0.3 is 14.5 Å². The van der Waals surface area contributed by atoms with Crippen molar-refractivity contribution < 1.29 is 13.9 Å². The third kappa shape index (κ3) is 5.93. The lowest BCUT2D eigenvalue weighted by molar-refractivity contribution is -0.125. The van der Waals surface area contributed by atoms with Gasteiger partial charge >= 0.3 is 0 Å². The Morgan fingerprint density at radius 3 is 2.69 bits per heavy atom. The minimum atomic E-state index is -0.839. The second-order valence-corrected chi connectivity index (χ2v) is 9.23. The Morgan fingerprint density at radius 1 is 1.14 bits per heavy atom. The Morgan fingerprint density at radius 2 is 1.94 bits per heavy atom. The van der Waals surface area contributed by atoms with Crippen molar-refractivity contribution in [1.29, 1.82) is 0 Å². The van der Waals surface area contributed by atoms with E-state index in [0.717, 1.165) is 34.3 Å². The molecule has 2 N–H and O–H groups in total. The average Bonchev–Trinajstić information content (AvgIpc) is 3.25. The molecule has 0 saturated carbocycles. The van der Waals surface area contributed by atoms with Crippen LogP contribution >= 0.6 is 35.4 Å². The number of oxazole rings is 1. The summed E-state index contributed by atoms with van der Waals surface area (Å²) in [6.07, 6.45) is 0.0876. The molecule has 0 radical (unpaired) electrons. The van der Waals surface area contributed by atoms with Crippen LogP contribution in [0.3, 0.4) is 0 Å². The first-order valence-corrected chi connectivity index (χ1v) is 12.1. The standard InChI is InChI=1S/C26H23Cl2N3O3S/c1-4-16-6-9-23-21(11-16)29-25(34-23)17-7-5-14(2)20(12-17)30-26(35)31-24(32)15(3)33-22-10-8-18(27)13-19(22)28/h5-13,15H,4H2,1-3H3,(H2,30,31,32,35). The molecule has 1 amide bonds. The van der Waals surface area contributed by atoms with Gasteiger partial charge in [0.05, 0.1) is 5.02 Å². The first kappa shape index (κ1) is 25.0. The topological polar surface area (TPSA) is 76.4 Å². The minimum Gasteiger partial charge on any atom is -0.479 e. The molecule has 35 heavy (non-hydrogen) atoms. The van der Waals surface area contributed by atoms with Crippen LogP contribution in [0.25, 0.3) is 22.6 Å². The van der Waals surface area contributed by atoms with Gasteiger partial charge in [0.25, 0.3) is 5.91 Å². The average molecular weight is 528 g/mol. The molecule has 180 valence electrons. The third-order valence-corrected chi connectivity index (χ3v) is 6.13. The molecule has 6 nitrogen and oxygen atoms in total. The molecule has 0 saturated heterocycles. The number of anilines is 1. The SMILES string of the molecule is CCc1ccc2oc(-c3ccc(C)c(NC(=S)NC(=O)C(C)Oc4ccc(Cl)cc4Cl)c3)nc2c1. The zero-order chi connectivity index (χ0) is 25.1. The van der Waals surface area contributed by atoms with Crippen LogP contribution in [0, 0.1) is 6.92 Å². The summed E-state index contributed by atoms with van der Waals surface area (Å²) in [6, 6.07) is 16.5. The van der Waals surface area contributed by atoms with Gasteiger partial charge in [0.15, 0.2) is 16.8 Å². The number of halogens is 2. The van der Waals surface area contributed by atoms with Crippen molar-refractivity contribution in [1.82, 2.24) is 10.3 Å². The molecule has 0 aliphatic heterocycles.